The molecular weight excluding hydrogens is 384 g/mol. The van der Waals surface area contributed by atoms with Crippen LogP contribution in [0.15, 0.2) is 53.9 Å². The molecule has 4 rings (SSSR count). The molecule has 0 radical (unpaired) electrons. The number of para-hydroxylation sites is 1. The number of nitrogens with zero attached hydrogens (tertiary/aromatic N) is 2. The van der Waals surface area contributed by atoms with Crippen molar-refractivity contribution in [3.05, 3.63) is 70.0 Å². The summed E-state index contributed by atoms with van der Waals surface area (Å²) in [5.41, 5.74) is 6.15. The first-order valence-electron chi connectivity index (χ1n) is 10.2. The van der Waals surface area contributed by atoms with Crippen molar-refractivity contribution < 1.29 is 4.74 Å². The van der Waals surface area contributed by atoms with Crippen LogP contribution in [0.4, 0.5) is 5.69 Å². The number of halogens is 1. The van der Waals surface area contributed by atoms with Crippen LogP contribution < -0.4 is 15.4 Å². The first kappa shape index (κ1) is 19.9. The highest BCUT2D eigenvalue weighted by molar-refractivity contribution is 6.33. The molecular formula is C23H29ClN4O. The number of hydrogen-bond acceptors (Lipinski definition) is 5. The molecule has 2 aliphatic rings. The van der Waals surface area contributed by atoms with E-state index in [2.05, 4.69) is 52.8 Å². The maximum absolute atomic E-state index is 6.39. The first-order chi connectivity index (χ1) is 14.1. The summed E-state index contributed by atoms with van der Waals surface area (Å²) in [4.78, 5) is 0. The summed E-state index contributed by atoms with van der Waals surface area (Å²) in [5, 5.41) is 12.7. The number of ether oxygens (including phenoxy) is 1. The molecule has 0 saturated carbocycles. The van der Waals surface area contributed by atoms with E-state index < -0.39 is 0 Å². The molecule has 0 saturated heterocycles. The summed E-state index contributed by atoms with van der Waals surface area (Å²) >= 11 is 6.39. The number of rotatable bonds is 6. The number of nitrogens with one attached hydrogen (secondary N) is 2. The minimum Gasteiger partial charge on any atom is -0.497 e. The van der Waals surface area contributed by atoms with Crippen LogP contribution in [-0.2, 0) is 13.0 Å². The smallest absolute Gasteiger partial charge is 0.119 e. The van der Waals surface area contributed by atoms with E-state index >= 15 is 0 Å². The average Bonchev–Trinajstić information content (AvgIpc) is 3.05. The molecule has 0 fully saturated rings. The van der Waals surface area contributed by atoms with E-state index in [1.165, 1.54) is 22.5 Å². The third kappa shape index (κ3) is 4.16. The second-order valence-corrected chi connectivity index (χ2v) is 8.05. The van der Waals surface area contributed by atoms with Crippen molar-refractivity contribution in [1.82, 2.24) is 15.3 Å². The quantitative estimate of drug-likeness (QED) is 0.741. The molecule has 29 heavy (non-hydrogen) atoms. The minimum atomic E-state index is 0.234. The van der Waals surface area contributed by atoms with Crippen molar-refractivity contribution in [1.29, 1.82) is 0 Å². The number of hydrogen-bond donors (Lipinski definition) is 2. The topological polar surface area (TPSA) is 39.8 Å². The van der Waals surface area contributed by atoms with Gasteiger partial charge in [0, 0.05) is 25.8 Å². The molecule has 1 unspecified atom stereocenters. The van der Waals surface area contributed by atoms with Crippen molar-refractivity contribution in [3.63, 3.8) is 0 Å². The zero-order valence-electron chi connectivity index (χ0n) is 17.3. The molecule has 0 aromatic heterocycles. The lowest BCUT2D eigenvalue weighted by Gasteiger charge is -2.34. The Hall–Kier alpha value is -2.37. The van der Waals surface area contributed by atoms with Gasteiger partial charge in [-0.1, -0.05) is 36.7 Å². The fraction of sp³-hybridized carbons (Fsp3) is 0.391. The van der Waals surface area contributed by atoms with Gasteiger partial charge in [0.1, 0.15) is 5.75 Å². The number of methoxy groups -OCH3 is 1. The lowest BCUT2D eigenvalue weighted by atomic mass is 10.0. The Bertz CT molecular complexity index is 891. The van der Waals surface area contributed by atoms with Crippen LogP contribution in [0.3, 0.4) is 0 Å². The van der Waals surface area contributed by atoms with Crippen LogP contribution in [0.5, 0.6) is 5.75 Å². The van der Waals surface area contributed by atoms with Gasteiger partial charge in [0.2, 0.25) is 0 Å². The van der Waals surface area contributed by atoms with Gasteiger partial charge in [-0.25, -0.2) is 5.01 Å². The molecule has 0 amide bonds. The van der Waals surface area contributed by atoms with E-state index in [4.69, 9.17) is 16.3 Å². The predicted molar refractivity (Wildman–Crippen MR) is 119 cm³/mol. The zero-order chi connectivity index (χ0) is 20.4. The molecule has 0 aliphatic carbocycles. The molecule has 2 heterocycles. The molecule has 2 aromatic rings. The summed E-state index contributed by atoms with van der Waals surface area (Å²) in [6.07, 6.45) is 2.02. The van der Waals surface area contributed by atoms with E-state index in [0.717, 1.165) is 48.9 Å². The van der Waals surface area contributed by atoms with E-state index in [-0.39, 0.29) is 6.04 Å². The van der Waals surface area contributed by atoms with Gasteiger partial charge in [-0.05, 0) is 48.2 Å². The summed E-state index contributed by atoms with van der Waals surface area (Å²) < 4.78 is 5.50. The van der Waals surface area contributed by atoms with Gasteiger partial charge in [0.15, 0.2) is 0 Å². The Morgan fingerprint density at radius 1 is 1.21 bits per heavy atom. The maximum atomic E-state index is 6.39. The van der Waals surface area contributed by atoms with Crippen LogP contribution in [-0.4, -0.2) is 43.3 Å². The molecule has 0 spiro atoms. The highest BCUT2D eigenvalue weighted by atomic mass is 35.5. The Morgan fingerprint density at radius 2 is 2.00 bits per heavy atom. The van der Waals surface area contributed by atoms with Crippen LogP contribution >= 0.6 is 11.6 Å². The number of likely N-dealkylation sites (N-methyl/N-ethyl adjacent to an activating group) is 1. The first-order valence-corrected chi connectivity index (χ1v) is 10.6. The van der Waals surface area contributed by atoms with Gasteiger partial charge in [-0.3, -0.25) is 0 Å². The zero-order valence-corrected chi connectivity index (χ0v) is 18.1. The van der Waals surface area contributed by atoms with Gasteiger partial charge in [0.05, 0.1) is 36.1 Å². The van der Waals surface area contributed by atoms with Crippen molar-refractivity contribution in [2.24, 2.45) is 0 Å². The molecule has 2 N–H and O–H groups in total. The van der Waals surface area contributed by atoms with Crippen LogP contribution in [0.1, 0.15) is 24.5 Å². The van der Waals surface area contributed by atoms with Crippen LogP contribution in [0, 0.1) is 0 Å². The molecule has 6 heteroatoms. The standard InChI is InChI=1S/C23H29ClN4O/c1-4-16-11-17(13-18(12-16)29-3)14-28-15-22-23(27(28)2)21(9-10-25-22)26-20-8-6-5-7-19(20)24/h5-8,11-13,21,25-26H,4,9-10,14-15H2,1-3H3. The number of benzene rings is 2. The Balaban J connectivity index is 1.52. The van der Waals surface area contributed by atoms with E-state index in [9.17, 15) is 0 Å². The summed E-state index contributed by atoms with van der Waals surface area (Å²) in [6.45, 7) is 4.86. The molecule has 1 atom stereocenters. The highest BCUT2D eigenvalue weighted by Crippen LogP contribution is 2.32. The van der Waals surface area contributed by atoms with Crippen LogP contribution in [0.25, 0.3) is 0 Å². The van der Waals surface area contributed by atoms with Gasteiger partial charge in [-0.2, -0.15) is 0 Å². The Kier molecular flexibility index (Phi) is 5.88. The second kappa shape index (κ2) is 8.56. The van der Waals surface area contributed by atoms with Crippen molar-refractivity contribution in [3.8, 4) is 5.75 Å². The minimum absolute atomic E-state index is 0.234. The Labute approximate surface area is 178 Å². The lowest BCUT2D eigenvalue weighted by molar-refractivity contribution is 0.0540. The van der Waals surface area contributed by atoms with E-state index in [1.54, 1.807) is 7.11 Å². The monoisotopic (exact) mass is 412 g/mol. The average molecular weight is 413 g/mol. The third-order valence-corrected chi connectivity index (χ3v) is 6.09. The van der Waals surface area contributed by atoms with Crippen molar-refractivity contribution in [2.75, 3.05) is 32.6 Å². The number of hydrazine groups is 1. The largest absolute Gasteiger partial charge is 0.497 e. The molecule has 2 aliphatic heterocycles. The molecule has 0 bridgehead atoms. The third-order valence-electron chi connectivity index (χ3n) is 5.76. The second-order valence-electron chi connectivity index (χ2n) is 7.65. The fourth-order valence-electron chi connectivity index (χ4n) is 4.22. The number of anilines is 1. The fourth-order valence-corrected chi connectivity index (χ4v) is 4.42. The van der Waals surface area contributed by atoms with Crippen LogP contribution in [0.2, 0.25) is 5.02 Å². The van der Waals surface area contributed by atoms with E-state index in [0.29, 0.717) is 0 Å². The molecule has 154 valence electrons. The van der Waals surface area contributed by atoms with Crippen molar-refractivity contribution in [2.45, 2.75) is 32.4 Å². The summed E-state index contributed by atoms with van der Waals surface area (Å²) in [6, 6.07) is 14.7. The molecule has 5 nitrogen and oxygen atoms in total. The van der Waals surface area contributed by atoms with E-state index in [1.807, 2.05) is 24.3 Å². The van der Waals surface area contributed by atoms with Crippen molar-refractivity contribution >= 4 is 17.3 Å². The predicted octanol–water partition coefficient (Wildman–Crippen LogP) is 4.26. The lowest BCUT2D eigenvalue weighted by Crippen LogP contribution is -2.40. The summed E-state index contributed by atoms with van der Waals surface area (Å²) in [7, 11) is 3.88. The number of aryl methyl sites for hydroxylation is 1. The SMILES string of the molecule is CCc1cc(CN2CC3=C(C(Nc4ccccc4Cl)CCN3)N2C)cc(OC)c1. The van der Waals surface area contributed by atoms with Gasteiger partial charge in [0.25, 0.3) is 0 Å². The maximum Gasteiger partial charge on any atom is 0.119 e. The van der Waals surface area contributed by atoms with Gasteiger partial charge in [-0.15, -0.1) is 0 Å². The highest BCUT2D eigenvalue weighted by Gasteiger charge is 2.35. The van der Waals surface area contributed by atoms with Gasteiger partial charge < -0.3 is 20.4 Å². The molecule has 2 aromatic carbocycles. The normalized spacial score (nSPS) is 19.2. The van der Waals surface area contributed by atoms with Gasteiger partial charge >= 0.3 is 0 Å². The Morgan fingerprint density at radius 3 is 2.76 bits per heavy atom. The summed E-state index contributed by atoms with van der Waals surface area (Å²) in [5.74, 6) is 0.926.